The molecular formula is C20H23N3O2. The average Bonchev–Trinajstić information content (AvgIpc) is 3.04. The molecule has 3 rings (SSSR count). The summed E-state index contributed by atoms with van der Waals surface area (Å²) in [6, 6.07) is 19.5. The van der Waals surface area contributed by atoms with Crippen LogP contribution in [-0.4, -0.2) is 35.3 Å². The predicted octanol–water partition coefficient (Wildman–Crippen LogP) is 2.61. The molecule has 1 atom stereocenters. The van der Waals surface area contributed by atoms with Gasteiger partial charge in [-0.25, -0.2) is 4.79 Å². The first-order valence-corrected chi connectivity index (χ1v) is 8.50. The molecule has 0 aliphatic carbocycles. The largest absolute Gasteiger partial charge is 0.394 e. The summed E-state index contributed by atoms with van der Waals surface area (Å²) in [5, 5.41) is 16.3. The fraction of sp³-hybridized carbons (Fsp3) is 0.250. The molecule has 0 saturated carbocycles. The predicted molar refractivity (Wildman–Crippen MR) is 99.6 cm³/mol. The quantitative estimate of drug-likeness (QED) is 0.535. The second kappa shape index (κ2) is 8.35. The highest BCUT2D eigenvalue weighted by atomic mass is 16.3. The number of hydrogen-bond acceptors (Lipinski definition) is 2. The number of carbonyl (C=O) groups is 1. The first kappa shape index (κ1) is 17.0. The van der Waals surface area contributed by atoms with E-state index in [4.69, 9.17) is 0 Å². The normalized spacial score (nSPS) is 12.0. The van der Waals surface area contributed by atoms with Crippen molar-refractivity contribution in [3.05, 3.63) is 71.9 Å². The van der Waals surface area contributed by atoms with Gasteiger partial charge >= 0.3 is 6.03 Å². The minimum Gasteiger partial charge on any atom is -0.394 e. The van der Waals surface area contributed by atoms with Crippen LogP contribution in [0.3, 0.4) is 0 Å². The Kier molecular flexibility index (Phi) is 5.69. The van der Waals surface area contributed by atoms with Crippen molar-refractivity contribution < 1.29 is 9.90 Å². The van der Waals surface area contributed by atoms with E-state index in [9.17, 15) is 9.90 Å². The summed E-state index contributed by atoms with van der Waals surface area (Å²) in [5.41, 5.74) is 3.27. The van der Waals surface area contributed by atoms with Crippen molar-refractivity contribution in [2.75, 3.05) is 13.2 Å². The summed E-state index contributed by atoms with van der Waals surface area (Å²) in [6.45, 7) is 0.437. The third kappa shape index (κ3) is 4.84. The number of carbonyl (C=O) groups excluding carboxylic acids is 1. The number of aliphatic hydroxyl groups is 1. The zero-order valence-corrected chi connectivity index (χ0v) is 14.0. The third-order valence-electron chi connectivity index (χ3n) is 4.15. The number of fused-ring (bicyclic) bond motifs is 1. The van der Waals surface area contributed by atoms with Crippen LogP contribution >= 0.6 is 0 Å². The summed E-state index contributed by atoms with van der Waals surface area (Å²) in [7, 11) is 0. The maximum Gasteiger partial charge on any atom is 0.315 e. The van der Waals surface area contributed by atoms with Gasteiger partial charge in [0.05, 0.1) is 12.6 Å². The smallest absolute Gasteiger partial charge is 0.315 e. The summed E-state index contributed by atoms with van der Waals surface area (Å²) in [5.74, 6) is 0. The standard InChI is InChI=1S/C20H23N3O2/c24-14-18(12-15-6-2-1-3-7-15)23-20(25)21-11-10-17-13-16-8-4-5-9-19(16)22-17/h1-9,13,18,22,24H,10-12,14H2,(H2,21,23,25). The molecule has 1 heterocycles. The topological polar surface area (TPSA) is 77.2 Å². The Hall–Kier alpha value is -2.79. The van der Waals surface area contributed by atoms with Crippen LogP contribution in [0.25, 0.3) is 10.9 Å². The van der Waals surface area contributed by atoms with Crippen molar-refractivity contribution in [1.29, 1.82) is 0 Å². The molecule has 1 aromatic heterocycles. The lowest BCUT2D eigenvalue weighted by Crippen LogP contribution is -2.45. The minimum atomic E-state index is -0.296. The van der Waals surface area contributed by atoms with E-state index in [1.165, 1.54) is 5.39 Å². The van der Waals surface area contributed by atoms with Crippen molar-refractivity contribution in [2.45, 2.75) is 18.9 Å². The average molecular weight is 337 g/mol. The van der Waals surface area contributed by atoms with Gasteiger partial charge in [-0.2, -0.15) is 0 Å². The van der Waals surface area contributed by atoms with E-state index >= 15 is 0 Å². The monoisotopic (exact) mass is 337 g/mol. The molecule has 0 aliphatic heterocycles. The van der Waals surface area contributed by atoms with Crippen LogP contribution in [0.5, 0.6) is 0 Å². The summed E-state index contributed by atoms with van der Waals surface area (Å²) >= 11 is 0. The van der Waals surface area contributed by atoms with Crippen LogP contribution < -0.4 is 10.6 Å². The molecule has 5 heteroatoms. The number of nitrogens with one attached hydrogen (secondary N) is 3. The van der Waals surface area contributed by atoms with Crippen LogP contribution in [0.2, 0.25) is 0 Å². The van der Waals surface area contributed by atoms with Crippen molar-refractivity contribution in [3.8, 4) is 0 Å². The lowest BCUT2D eigenvalue weighted by atomic mass is 10.1. The number of aromatic nitrogens is 1. The molecule has 5 nitrogen and oxygen atoms in total. The molecule has 130 valence electrons. The second-order valence-electron chi connectivity index (χ2n) is 6.10. The molecule has 2 amide bonds. The summed E-state index contributed by atoms with van der Waals surface area (Å²) < 4.78 is 0. The molecule has 3 aromatic rings. The lowest BCUT2D eigenvalue weighted by molar-refractivity contribution is 0.216. The molecule has 4 N–H and O–H groups in total. The van der Waals surface area contributed by atoms with Crippen LogP contribution in [0.15, 0.2) is 60.7 Å². The van der Waals surface area contributed by atoms with E-state index in [0.29, 0.717) is 13.0 Å². The lowest BCUT2D eigenvalue weighted by Gasteiger charge is -2.17. The van der Waals surface area contributed by atoms with Crippen LogP contribution in [0.1, 0.15) is 11.3 Å². The van der Waals surface area contributed by atoms with Crippen molar-refractivity contribution in [3.63, 3.8) is 0 Å². The fourth-order valence-corrected chi connectivity index (χ4v) is 2.88. The zero-order chi connectivity index (χ0) is 17.5. The Balaban J connectivity index is 1.45. The molecule has 0 radical (unpaired) electrons. The minimum absolute atomic E-state index is 0.0929. The Morgan fingerprint density at radius 1 is 1.08 bits per heavy atom. The van der Waals surface area contributed by atoms with E-state index in [0.717, 1.165) is 23.2 Å². The molecular weight excluding hydrogens is 314 g/mol. The number of urea groups is 1. The number of benzene rings is 2. The molecule has 25 heavy (non-hydrogen) atoms. The molecule has 0 bridgehead atoms. The highest BCUT2D eigenvalue weighted by molar-refractivity contribution is 5.80. The van der Waals surface area contributed by atoms with E-state index in [2.05, 4.69) is 27.8 Å². The van der Waals surface area contributed by atoms with E-state index in [1.54, 1.807) is 0 Å². The van der Waals surface area contributed by atoms with Gasteiger partial charge in [-0.05, 0) is 29.5 Å². The number of amides is 2. The number of hydrogen-bond donors (Lipinski definition) is 4. The Morgan fingerprint density at radius 3 is 2.60 bits per heavy atom. The first-order valence-electron chi connectivity index (χ1n) is 8.50. The van der Waals surface area contributed by atoms with E-state index < -0.39 is 0 Å². The molecule has 0 aliphatic rings. The molecule has 2 aromatic carbocycles. The molecule has 1 unspecified atom stereocenters. The van der Waals surface area contributed by atoms with Crippen molar-refractivity contribution in [2.24, 2.45) is 0 Å². The number of H-pyrrole nitrogens is 1. The van der Waals surface area contributed by atoms with Gasteiger partial charge < -0.3 is 20.7 Å². The number of para-hydroxylation sites is 1. The number of aromatic amines is 1. The second-order valence-corrected chi connectivity index (χ2v) is 6.10. The first-order chi connectivity index (χ1) is 12.2. The summed E-state index contributed by atoms with van der Waals surface area (Å²) in [4.78, 5) is 15.4. The third-order valence-corrected chi connectivity index (χ3v) is 4.15. The SMILES string of the molecule is O=C(NCCc1cc2ccccc2[nH]1)NC(CO)Cc1ccccc1. The van der Waals surface area contributed by atoms with Gasteiger partial charge in [0.15, 0.2) is 0 Å². The van der Waals surface area contributed by atoms with Gasteiger partial charge in [-0.1, -0.05) is 48.5 Å². The van der Waals surface area contributed by atoms with Gasteiger partial charge in [-0.15, -0.1) is 0 Å². The van der Waals surface area contributed by atoms with Crippen LogP contribution in [0, 0.1) is 0 Å². The van der Waals surface area contributed by atoms with Crippen LogP contribution in [-0.2, 0) is 12.8 Å². The maximum absolute atomic E-state index is 12.0. The molecule has 0 fully saturated rings. The van der Waals surface area contributed by atoms with Gasteiger partial charge in [0.2, 0.25) is 0 Å². The van der Waals surface area contributed by atoms with Gasteiger partial charge in [0, 0.05) is 24.2 Å². The Labute approximate surface area is 147 Å². The van der Waals surface area contributed by atoms with Gasteiger partial charge in [0.1, 0.15) is 0 Å². The molecule has 0 spiro atoms. The van der Waals surface area contributed by atoms with Gasteiger partial charge in [0.25, 0.3) is 0 Å². The highest BCUT2D eigenvalue weighted by Crippen LogP contribution is 2.14. The zero-order valence-electron chi connectivity index (χ0n) is 14.0. The van der Waals surface area contributed by atoms with Crippen LogP contribution in [0.4, 0.5) is 4.79 Å². The number of rotatable bonds is 7. The van der Waals surface area contributed by atoms with Crippen molar-refractivity contribution in [1.82, 2.24) is 15.6 Å². The van der Waals surface area contributed by atoms with Crippen molar-refractivity contribution >= 4 is 16.9 Å². The van der Waals surface area contributed by atoms with E-state index in [1.807, 2.05) is 48.5 Å². The Bertz CT molecular complexity index is 781. The Morgan fingerprint density at radius 2 is 1.84 bits per heavy atom. The van der Waals surface area contributed by atoms with E-state index in [-0.39, 0.29) is 18.7 Å². The molecule has 0 saturated heterocycles. The number of aliphatic hydroxyl groups excluding tert-OH is 1. The van der Waals surface area contributed by atoms with Gasteiger partial charge in [-0.3, -0.25) is 0 Å². The maximum atomic E-state index is 12.0. The fourth-order valence-electron chi connectivity index (χ4n) is 2.88. The highest BCUT2D eigenvalue weighted by Gasteiger charge is 2.11. The summed E-state index contributed by atoms with van der Waals surface area (Å²) in [6.07, 6.45) is 1.33.